The van der Waals surface area contributed by atoms with E-state index in [0.717, 1.165) is 16.9 Å². The Bertz CT molecular complexity index is 897. The van der Waals surface area contributed by atoms with Gasteiger partial charge in [-0.15, -0.1) is 0 Å². The Morgan fingerprint density at radius 2 is 1.96 bits per heavy atom. The number of carbonyl (C=O) groups is 1. The third-order valence-electron chi connectivity index (χ3n) is 4.00. The van der Waals surface area contributed by atoms with Gasteiger partial charge in [-0.05, 0) is 51.1 Å². The first kappa shape index (κ1) is 16.1. The first-order valence-electron chi connectivity index (χ1n) is 7.94. The summed E-state index contributed by atoms with van der Waals surface area (Å²) in [6.07, 6.45) is 0. The SMILES string of the molecule is COc1ccccc1NC(=O)c1ccc2c(c1)nc(C)n2C(C)C. The molecular formula is C19H21N3O2. The van der Waals surface area contributed by atoms with Crippen molar-refractivity contribution < 1.29 is 9.53 Å². The number of fused-ring (bicyclic) bond motifs is 1. The van der Waals surface area contributed by atoms with E-state index in [1.165, 1.54) is 0 Å². The van der Waals surface area contributed by atoms with E-state index < -0.39 is 0 Å². The number of para-hydroxylation sites is 2. The second-order valence-corrected chi connectivity index (χ2v) is 5.98. The highest BCUT2D eigenvalue weighted by atomic mass is 16.5. The molecule has 1 aromatic heterocycles. The van der Waals surface area contributed by atoms with Crippen molar-refractivity contribution in [1.82, 2.24) is 9.55 Å². The van der Waals surface area contributed by atoms with E-state index in [9.17, 15) is 4.79 Å². The summed E-state index contributed by atoms with van der Waals surface area (Å²) >= 11 is 0. The summed E-state index contributed by atoms with van der Waals surface area (Å²) in [5, 5.41) is 2.89. The molecule has 0 saturated heterocycles. The minimum atomic E-state index is -0.182. The summed E-state index contributed by atoms with van der Waals surface area (Å²) in [5.41, 5.74) is 3.08. The van der Waals surface area contributed by atoms with Gasteiger partial charge < -0.3 is 14.6 Å². The predicted molar refractivity (Wildman–Crippen MR) is 95.8 cm³/mol. The van der Waals surface area contributed by atoms with Crippen molar-refractivity contribution in [2.75, 3.05) is 12.4 Å². The number of hydrogen-bond donors (Lipinski definition) is 1. The van der Waals surface area contributed by atoms with E-state index in [2.05, 4.69) is 28.7 Å². The first-order chi connectivity index (χ1) is 11.5. The summed E-state index contributed by atoms with van der Waals surface area (Å²) < 4.78 is 7.43. The highest BCUT2D eigenvalue weighted by Gasteiger charge is 2.14. The van der Waals surface area contributed by atoms with Gasteiger partial charge in [0.2, 0.25) is 0 Å². The van der Waals surface area contributed by atoms with E-state index >= 15 is 0 Å². The summed E-state index contributed by atoms with van der Waals surface area (Å²) in [6, 6.07) is 13.3. The molecule has 0 saturated carbocycles. The third kappa shape index (κ3) is 2.85. The van der Waals surface area contributed by atoms with E-state index in [1.807, 2.05) is 49.4 Å². The van der Waals surface area contributed by atoms with Crippen LogP contribution in [0.3, 0.4) is 0 Å². The Hall–Kier alpha value is -2.82. The van der Waals surface area contributed by atoms with Crippen molar-refractivity contribution in [2.45, 2.75) is 26.8 Å². The molecule has 1 heterocycles. The van der Waals surface area contributed by atoms with Crippen LogP contribution < -0.4 is 10.1 Å². The van der Waals surface area contributed by atoms with Crippen molar-refractivity contribution in [2.24, 2.45) is 0 Å². The molecule has 0 atom stereocenters. The van der Waals surface area contributed by atoms with Gasteiger partial charge in [0.1, 0.15) is 11.6 Å². The number of methoxy groups -OCH3 is 1. The number of ether oxygens (including phenoxy) is 1. The second kappa shape index (κ2) is 6.35. The van der Waals surface area contributed by atoms with Crippen molar-refractivity contribution in [3.8, 4) is 5.75 Å². The normalized spacial score (nSPS) is 11.0. The van der Waals surface area contributed by atoms with Gasteiger partial charge in [-0.2, -0.15) is 0 Å². The molecule has 2 aromatic carbocycles. The Balaban J connectivity index is 1.93. The van der Waals surface area contributed by atoms with E-state index in [1.54, 1.807) is 7.11 Å². The molecule has 5 heteroatoms. The maximum absolute atomic E-state index is 12.6. The number of aromatic nitrogens is 2. The van der Waals surface area contributed by atoms with Gasteiger partial charge >= 0.3 is 0 Å². The van der Waals surface area contributed by atoms with Crippen LogP contribution in [0.15, 0.2) is 42.5 Å². The molecule has 0 spiro atoms. The molecule has 5 nitrogen and oxygen atoms in total. The Morgan fingerprint density at radius 1 is 1.21 bits per heavy atom. The Kier molecular flexibility index (Phi) is 4.25. The quantitative estimate of drug-likeness (QED) is 0.783. The largest absolute Gasteiger partial charge is 0.495 e. The molecule has 24 heavy (non-hydrogen) atoms. The third-order valence-corrected chi connectivity index (χ3v) is 4.00. The molecule has 0 aliphatic carbocycles. The van der Waals surface area contributed by atoms with E-state index in [-0.39, 0.29) is 5.91 Å². The predicted octanol–water partition coefficient (Wildman–Crippen LogP) is 4.19. The number of nitrogens with zero attached hydrogens (tertiary/aromatic N) is 2. The minimum absolute atomic E-state index is 0.182. The molecule has 0 aliphatic heterocycles. The molecule has 0 radical (unpaired) electrons. The number of rotatable bonds is 4. The van der Waals surface area contributed by atoms with Crippen LogP contribution in [0.25, 0.3) is 11.0 Å². The minimum Gasteiger partial charge on any atom is -0.495 e. The fourth-order valence-electron chi connectivity index (χ4n) is 2.95. The molecule has 1 amide bonds. The molecule has 0 bridgehead atoms. The van der Waals surface area contributed by atoms with Crippen LogP contribution in [-0.4, -0.2) is 22.6 Å². The number of aryl methyl sites for hydroxylation is 1. The van der Waals surface area contributed by atoms with Gasteiger partial charge in [-0.3, -0.25) is 4.79 Å². The van der Waals surface area contributed by atoms with Gasteiger partial charge in [-0.1, -0.05) is 12.1 Å². The first-order valence-corrected chi connectivity index (χ1v) is 7.94. The van der Waals surface area contributed by atoms with Gasteiger partial charge in [0, 0.05) is 11.6 Å². The topological polar surface area (TPSA) is 56.1 Å². The number of benzene rings is 2. The smallest absolute Gasteiger partial charge is 0.255 e. The van der Waals surface area contributed by atoms with Crippen LogP contribution in [0.1, 0.15) is 36.1 Å². The zero-order valence-corrected chi connectivity index (χ0v) is 14.3. The molecular weight excluding hydrogens is 302 g/mol. The van der Waals surface area contributed by atoms with Crippen LogP contribution in [0, 0.1) is 6.92 Å². The molecule has 1 N–H and O–H groups in total. The van der Waals surface area contributed by atoms with Crippen LogP contribution in [0.5, 0.6) is 5.75 Å². The highest BCUT2D eigenvalue weighted by molar-refractivity contribution is 6.06. The van der Waals surface area contributed by atoms with Crippen LogP contribution in [-0.2, 0) is 0 Å². The number of amides is 1. The Labute approximate surface area is 141 Å². The highest BCUT2D eigenvalue weighted by Crippen LogP contribution is 2.25. The molecule has 0 aliphatic rings. The fraction of sp³-hybridized carbons (Fsp3) is 0.263. The maximum Gasteiger partial charge on any atom is 0.255 e. The van der Waals surface area contributed by atoms with E-state index in [0.29, 0.717) is 23.0 Å². The number of hydrogen-bond acceptors (Lipinski definition) is 3. The number of nitrogens with one attached hydrogen (secondary N) is 1. The average Bonchev–Trinajstić information content (AvgIpc) is 2.90. The van der Waals surface area contributed by atoms with Crippen LogP contribution >= 0.6 is 0 Å². The number of imidazole rings is 1. The van der Waals surface area contributed by atoms with Crippen molar-refractivity contribution >= 4 is 22.6 Å². The molecule has 0 unspecified atom stereocenters. The maximum atomic E-state index is 12.6. The van der Waals surface area contributed by atoms with E-state index in [4.69, 9.17) is 4.74 Å². The van der Waals surface area contributed by atoms with Gasteiger partial charge in [0.25, 0.3) is 5.91 Å². The zero-order valence-electron chi connectivity index (χ0n) is 14.3. The van der Waals surface area contributed by atoms with Gasteiger partial charge in [-0.25, -0.2) is 4.98 Å². The Morgan fingerprint density at radius 3 is 2.67 bits per heavy atom. The van der Waals surface area contributed by atoms with Crippen molar-refractivity contribution in [3.63, 3.8) is 0 Å². The van der Waals surface area contributed by atoms with Gasteiger partial charge in [0.15, 0.2) is 0 Å². The monoisotopic (exact) mass is 323 g/mol. The summed E-state index contributed by atoms with van der Waals surface area (Å²) in [6.45, 7) is 6.22. The van der Waals surface area contributed by atoms with Crippen molar-refractivity contribution in [1.29, 1.82) is 0 Å². The number of anilines is 1. The summed E-state index contributed by atoms with van der Waals surface area (Å²) in [4.78, 5) is 17.1. The lowest BCUT2D eigenvalue weighted by Gasteiger charge is -2.11. The molecule has 0 fully saturated rings. The summed E-state index contributed by atoms with van der Waals surface area (Å²) in [7, 11) is 1.58. The fourth-order valence-corrected chi connectivity index (χ4v) is 2.95. The lowest BCUT2D eigenvalue weighted by molar-refractivity contribution is 0.102. The lowest BCUT2D eigenvalue weighted by Crippen LogP contribution is -2.12. The zero-order chi connectivity index (χ0) is 17.3. The standard InChI is InChI=1S/C19H21N3O2/c1-12(2)22-13(3)20-16-11-14(9-10-17(16)22)19(23)21-15-7-5-6-8-18(15)24-4/h5-12H,1-4H3,(H,21,23). The average molecular weight is 323 g/mol. The number of carbonyl (C=O) groups excluding carboxylic acids is 1. The molecule has 3 rings (SSSR count). The molecule has 124 valence electrons. The second-order valence-electron chi connectivity index (χ2n) is 5.98. The van der Waals surface area contributed by atoms with Gasteiger partial charge in [0.05, 0.1) is 23.8 Å². The lowest BCUT2D eigenvalue weighted by atomic mass is 10.1. The summed E-state index contributed by atoms with van der Waals surface area (Å²) in [5.74, 6) is 1.40. The van der Waals surface area contributed by atoms with Crippen LogP contribution in [0.4, 0.5) is 5.69 Å². The van der Waals surface area contributed by atoms with Crippen molar-refractivity contribution in [3.05, 3.63) is 53.9 Å². The van der Waals surface area contributed by atoms with Crippen LogP contribution in [0.2, 0.25) is 0 Å². The molecule has 3 aromatic rings.